The molecule has 0 rings (SSSR count). The van der Waals surface area contributed by atoms with Crippen molar-refractivity contribution in [3.05, 3.63) is 24.3 Å². The van der Waals surface area contributed by atoms with Crippen molar-refractivity contribution in [2.45, 2.75) is 194 Å². The third kappa shape index (κ3) is 37.4. The highest BCUT2D eigenvalue weighted by molar-refractivity contribution is 4.82. The van der Waals surface area contributed by atoms with Crippen molar-refractivity contribution in [1.29, 1.82) is 0 Å². The predicted molar refractivity (Wildman–Crippen MR) is 185 cm³/mol. The van der Waals surface area contributed by atoms with Crippen LogP contribution in [0.5, 0.6) is 0 Å². The number of rotatable bonds is 35. The van der Waals surface area contributed by atoms with E-state index in [9.17, 15) is 0 Å². The Morgan fingerprint density at radius 2 is 0.525 bits per heavy atom. The van der Waals surface area contributed by atoms with E-state index in [0.717, 1.165) is 13.1 Å². The predicted octanol–water partition coefficient (Wildman–Crippen LogP) is 12.2. The van der Waals surface area contributed by atoms with Crippen LogP contribution in [0.1, 0.15) is 194 Å². The number of allylic oxidation sites excluding steroid dienone is 4. The molecule has 0 aliphatic rings. The lowest BCUT2D eigenvalue weighted by Gasteiger charge is -2.07. The molecular weight excluding hydrogens is 484 g/mol. The SMILES string of the molecule is CCCCCCCCC=CCCCCCCCCNCCNCCCCCCCCC=CCCCCCCCC. The molecule has 0 aromatic carbocycles. The highest BCUT2D eigenvalue weighted by atomic mass is 14.9. The van der Waals surface area contributed by atoms with Crippen LogP contribution in [0, 0.1) is 0 Å². The second-order valence-corrected chi connectivity index (χ2v) is 12.4. The van der Waals surface area contributed by atoms with Crippen molar-refractivity contribution in [3.8, 4) is 0 Å². The summed E-state index contributed by atoms with van der Waals surface area (Å²) in [6.45, 7) is 9.21. The molecule has 0 saturated carbocycles. The molecule has 0 saturated heterocycles. The maximum Gasteiger partial charge on any atom is 0.00767 e. The summed E-state index contributed by atoms with van der Waals surface area (Å²) in [5, 5.41) is 7.23. The van der Waals surface area contributed by atoms with E-state index in [1.807, 2.05) is 0 Å². The van der Waals surface area contributed by atoms with E-state index in [4.69, 9.17) is 0 Å². The minimum absolute atomic E-state index is 1.12. The molecule has 0 amide bonds. The first-order chi connectivity index (χ1) is 19.9. The summed E-state index contributed by atoms with van der Waals surface area (Å²) in [7, 11) is 0. The molecule has 0 atom stereocenters. The Morgan fingerprint density at radius 3 is 0.825 bits per heavy atom. The van der Waals surface area contributed by atoms with Crippen LogP contribution in [0.2, 0.25) is 0 Å². The average molecular weight is 561 g/mol. The fourth-order valence-corrected chi connectivity index (χ4v) is 5.42. The Labute approximate surface area is 254 Å². The Morgan fingerprint density at radius 1 is 0.275 bits per heavy atom. The van der Waals surface area contributed by atoms with Crippen molar-refractivity contribution >= 4 is 0 Å². The molecule has 0 fully saturated rings. The number of unbranched alkanes of at least 4 members (excludes halogenated alkanes) is 24. The summed E-state index contributed by atoms with van der Waals surface area (Å²) in [5.74, 6) is 0. The molecule has 0 spiro atoms. The number of hydrogen-bond donors (Lipinski definition) is 2. The summed E-state index contributed by atoms with van der Waals surface area (Å²) in [6.07, 6.45) is 48.6. The van der Waals surface area contributed by atoms with Crippen LogP contribution in [0.15, 0.2) is 24.3 Å². The van der Waals surface area contributed by atoms with Crippen LogP contribution >= 0.6 is 0 Å². The first kappa shape index (κ1) is 39.4. The van der Waals surface area contributed by atoms with Gasteiger partial charge >= 0.3 is 0 Å². The first-order valence-electron chi connectivity index (χ1n) is 18.6. The van der Waals surface area contributed by atoms with Crippen molar-refractivity contribution in [2.75, 3.05) is 26.2 Å². The molecular formula is C38H76N2. The smallest absolute Gasteiger partial charge is 0.00767 e. The van der Waals surface area contributed by atoms with Crippen LogP contribution in [0.3, 0.4) is 0 Å². The molecule has 0 aromatic rings. The summed E-state index contributed by atoms with van der Waals surface area (Å²) < 4.78 is 0. The zero-order valence-corrected chi connectivity index (χ0v) is 27.9. The van der Waals surface area contributed by atoms with E-state index in [1.54, 1.807) is 0 Å². The highest BCUT2D eigenvalue weighted by Crippen LogP contribution is 2.11. The molecule has 2 N–H and O–H groups in total. The van der Waals surface area contributed by atoms with E-state index in [-0.39, 0.29) is 0 Å². The molecule has 238 valence electrons. The second-order valence-electron chi connectivity index (χ2n) is 12.4. The average Bonchev–Trinajstić information content (AvgIpc) is 2.97. The van der Waals surface area contributed by atoms with Crippen LogP contribution in [-0.2, 0) is 0 Å². The molecule has 2 heteroatoms. The highest BCUT2D eigenvalue weighted by Gasteiger charge is 1.94. The van der Waals surface area contributed by atoms with E-state index < -0.39 is 0 Å². The zero-order chi connectivity index (χ0) is 28.9. The van der Waals surface area contributed by atoms with E-state index in [0.29, 0.717) is 0 Å². The standard InChI is InChI=1S/C38H76N2/c1-3-5-7-9-11-13-15-17-19-21-23-25-27-29-31-33-35-39-37-38-40-36-34-32-30-28-26-24-22-20-18-16-14-12-10-8-6-4-2/h17-20,39-40H,3-16,21-38H2,1-2H3. The van der Waals surface area contributed by atoms with Crippen molar-refractivity contribution in [1.82, 2.24) is 10.6 Å². The topological polar surface area (TPSA) is 24.1 Å². The van der Waals surface area contributed by atoms with Gasteiger partial charge in [-0.3, -0.25) is 0 Å². The second kappa shape index (κ2) is 38.4. The Bertz CT molecular complexity index is 440. The summed E-state index contributed by atoms with van der Waals surface area (Å²) in [6, 6.07) is 0. The molecule has 2 nitrogen and oxygen atoms in total. The molecule has 0 radical (unpaired) electrons. The molecule has 0 heterocycles. The van der Waals surface area contributed by atoms with E-state index in [1.165, 1.54) is 193 Å². The minimum atomic E-state index is 1.12. The number of nitrogens with one attached hydrogen (secondary N) is 2. The van der Waals surface area contributed by atoms with Gasteiger partial charge in [-0.05, 0) is 77.3 Å². The van der Waals surface area contributed by atoms with Gasteiger partial charge in [-0.1, -0.05) is 154 Å². The van der Waals surface area contributed by atoms with Gasteiger partial charge in [0.2, 0.25) is 0 Å². The van der Waals surface area contributed by atoms with Crippen molar-refractivity contribution in [2.24, 2.45) is 0 Å². The zero-order valence-electron chi connectivity index (χ0n) is 27.9. The van der Waals surface area contributed by atoms with E-state index in [2.05, 4.69) is 48.8 Å². The molecule has 0 aliphatic heterocycles. The monoisotopic (exact) mass is 561 g/mol. The van der Waals surface area contributed by atoms with E-state index >= 15 is 0 Å². The van der Waals surface area contributed by atoms with Crippen LogP contribution in [0.25, 0.3) is 0 Å². The maximum absolute atomic E-state index is 3.61. The third-order valence-corrected chi connectivity index (χ3v) is 8.21. The Balaban J connectivity index is 3.09. The lowest BCUT2D eigenvalue weighted by Crippen LogP contribution is -2.28. The van der Waals surface area contributed by atoms with Gasteiger partial charge in [0.25, 0.3) is 0 Å². The van der Waals surface area contributed by atoms with Gasteiger partial charge in [0.05, 0.1) is 0 Å². The first-order valence-corrected chi connectivity index (χ1v) is 18.6. The minimum Gasteiger partial charge on any atom is -0.315 e. The lowest BCUT2D eigenvalue weighted by molar-refractivity contribution is 0.538. The van der Waals surface area contributed by atoms with Gasteiger partial charge in [0, 0.05) is 13.1 Å². The quantitative estimate of drug-likeness (QED) is 0.0595. The van der Waals surface area contributed by atoms with Crippen molar-refractivity contribution < 1.29 is 0 Å². The molecule has 0 aliphatic carbocycles. The van der Waals surface area contributed by atoms with Gasteiger partial charge < -0.3 is 10.6 Å². The molecule has 0 aromatic heterocycles. The third-order valence-electron chi connectivity index (χ3n) is 8.21. The Hall–Kier alpha value is -0.600. The summed E-state index contributed by atoms with van der Waals surface area (Å²) in [4.78, 5) is 0. The van der Waals surface area contributed by atoms with Gasteiger partial charge in [0.15, 0.2) is 0 Å². The Kier molecular flexibility index (Phi) is 37.8. The van der Waals surface area contributed by atoms with Crippen molar-refractivity contribution in [3.63, 3.8) is 0 Å². The number of hydrogen-bond acceptors (Lipinski definition) is 2. The fraction of sp³-hybridized carbons (Fsp3) is 0.895. The van der Waals surface area contributed by atoms with Gasteiger partial charge in [0.1, 0.15) is 0 Å². The van der Waals surface area contributed by atoms with Crippen LogP contribution < -0.4 is 10.6 Å². The van der Waals surface area contributed by atoms with Gasteiger partial charge in [-0.2, -0.15) is 0 Å². The van der Waals surface area contributed by atoms with Crippen LogP contribution in [-0.4, -0.2) is 26.2 Å². The molecule has 40 heavy (non-hydrogen) atoms. The summed E-state index contributed by atoms with van der Waals surface area (Å²) >= 11 is 0. The largest absolute Gasteiger partial charge is 0.315 e. The fourth-order valence-electron chi connectivity index (χ4n) is 5.42. The van der Waals surface area contributed by atoms with Gasteiger partial charge in [-0.15, -0.1) is 0 Å². The lowest BCUT2D eigenvalue weighted by atomic mass is 10.1. The normalized spacial score (nSPS) is 11.9. The summed E-state index contributed by atoms with van der Waals surface area (Å²) in [5.41, 5.74) is 0. The van der Waals surface area contributed by atoms with Crippen LogP contribution in [0.4, 0.5) is 0 Å². The molecule has 0 bridgehead atoms. The van der Waals surface area contributed by atoms with Gasteiger partial charge in [-0.25, -0.2) is 0 Å². The molecule has 0 unspecified atom stereocenters. The maximum atomic E-state index is 3.61.